The first kappa shape index (κ1) is 16.9. The monoisotopic (exact) mass is 362 g/mol. The summed E-state index contributed by atoms with van der Waals surface area (Å²) in [6, 6.07) is 13.9. The van der Waals surface area contributed by atoms with Crippen molar-refractivity contribution in [2.24, 2.45) is 4.99 Å². The fraction of sp³-hybridized carbons (Fsp3) is 0.316. The number of nitrogens with zero attached hydrogens (tertiary/aromatic N) is 2. The lowest BCUT2D eigenvalue weighted by Gasteiger charge is -2.42. The predicted molar refractivity (Wildman–Crippen MR) is 90.3 cm³/mol. The summed E-state index contributed by atoms with van der Waals surface area (Å²) < 4.78 is 54.4. The number of amidine groups is 1. The second-order valence-corrected chi connectivity index (χ2v) is 6.16. The number of rotatable bonds is 1. The maximum Gasteiger partial charge on any atom is 0.437 e. The van der Waals surface area contributed by atoms with Crippen LogP contribution in [-0.2, 0) is 15.1 Å². The van der Waals surface area contributed by atoms with Gasteiger partial charge in [-0.2, -0.15) is 18.2 Å². The minimum Gasteiger partial charge on any atom is -0.438 e. The highest BCUT2D eigenvalue weighted by Crippen LogP contribution is 2.52. The lowest BCUT2D eigenvalue weighted by molar-refractivity contribution is -0.245. The van der Waals surface area contributed by atoms with Crippen molar-refractivity contribution >= 4 is 11.7 Å². The van der Waals surface area contributed by atoms with E-state index >= 15 is 0 Å². The molecule has 4 rings (SSSR count). The molecule has 0 aromatic heterocycles. The van der Waals surface area contributed by atoms with Crippen molar-refractivity contribution in [2.75, 3.05) is 26.3 Å². The van der Waals surface area contributed by atoms with E-state index in [1.807, 2.05) is 0 Å². The fourth-order valence-corrected chi connectivity index (χ4v) is 3.34. The van der Waals surface area contributed by atoms with Crippen LogP contribution in [-0.4, -0.2) is 43.4 Å². The van der Waals surface area contributed by atoms with Crippen molar-refractivity contribution in [3.63, 3.8) is 0 Å². The molecule has 1 unspecified atom stereocenters. The summed E-state index contributed by atoms with van der Waals surface area (Å²) >= 11 is 0. The lowest BCUT2D eigenvalue weighted by atomic mass is 9.83. The Bertz CT molecular complexity index is 817. The highest BCUT2D eigenvalue weighted by atomic mass is 19.4. The van der Waals surface area contributed by atoms with Crippen LogP contribution < -0.4 is 0 Å². The Morgan fingerprint density at radius 3 is 2.27 bits per heavy atom. The molecule has 1 fully saturated rings. The minimum atomic E-state index is -4.67. The Labute approximate surface area is 148 Å². The SMILES string of the molecule is FC(F)(F)C1(c2ccccc2)OC(N2CCOCC2)=Nc2ccccc21. The standard InChI is InChI=1S/C19H17F3N2O2/c20-19(21,22)18(14-6-2-1-3-7-14)15-8-4-5-9-16(15)23-17(26-18)24-10-12-25-13-11-24/h1-9H,10-13H2. The predicted octanol–water partition coefficient (Wildman–Crippen LogP) is 3.84. The lowest BCUT2D eigenvalue weighted by Crippen LogP contribution is -2.53. The summed E-state index contributed by atoms with van der Waals surface area (Å²) in [7, 11) is 0. The number of morpholine rings is 1. The second-order valence-electron chi connectivity index (χ2n) is 6.16. The van der Waals surface area contributed by atoms with Crippen LogP contribution in [0.1, 0.15) is 11.1 Å². The van der Waals surface area contributed by atoms with E-state index < -0.39 is 11.8 Å². The Hall–Kier alpha value is -2.54. The molecule has 0 radical (unpaired) electrons. The third-order valence-corrected chi connectivity index (χ3v) is 4.60. The molecule has 2 aromatic rings. The molecular formula is C19H17F3N2O2. The van der Waals surface area contributed by atoms with Gasteiger partial charge in [0.1, 0.15) is 0 Å². The third kappa shape index (κ3) is 2.63. The van der Waals surface area contributed by atoms with Crippen molar-refractivity contribution < 1.29 is 22.6 Å². The Kier molecular flexibility index (Phi) is 4.11. The van der Waals surface area contributed by atoms with Gasteiger partial charge in [0.2, 0.25) is 0 Å². The Morgan fingerprint density at radius 1 is 0.923 bits per heavy atom. The molecule has 2 aromatic carbocycles. The molecule has 2 heterocycles. The van der Waals surface area contributed by atoms with Gasteiger partial charge in [-0.3, -0.25) is 0 Å². The first-order valence-electron chi connectivity index (χ1n) is 8.34. The highest BCUT2D eigenvalue weighted by molar-refractivity contribution is 5.82. The zero-order valence-electron chi connectivity index (χ0n) is 13.9. The van der Waals surface area contributed by atoms with Crippen LogP contribution in [0.4, 0.5) is 18.9 Å². The average molecular weight is 362 g/mol. The summed E-state index contributed by atoms with van der Waals surface area (Å²) in [5.74, 6) is 0. The molecule has 7 heteroatoms. The van der Waals surface area contributed by atoms with E-state index in [0.29, 0.717) is 26.3 Å². The van der Waals surface area contributed by atoms with Gasteiger partial charge in [-0.05, 0) is 6.07 Å². The van der Waals surface area contributed by atoms with Crippen LogP contribution in [0.25, 0.3) is 0 Å². The Balaban J connectivity index is 1.92. The molecule has 26 heavy (non-hydrogen) atoms. The van der Waals surface area contributed by atoms with E-state index in [1.54, 1.807) is 41.3 Å². The van der Waals surface area contributed by atoms with Crippen molar-refractivity contribution in [1.82, 2.24) is 4.90 Å². The highest BCUT2D eigenvalue weighted by Gasteiger charge is 2.63. The summed E-state index contributed by atoms with van der Waals surface area (Å²) in [5.41, 5.74) is -2.31. The molecule has 0 spiro atoms. The molecule has 4 nitrogen and oxygen atoms in total. The van der Waals surface area contributed by atoms with Crippen molar-refractivity contribution in [3.8, 4) is 0 Å². The zero-order valence-corrected chi connectivity index (χ0v) is 13.9. The number of ether oxygens (including phenoxy) is 2. The molecule has 0 saturated carbocycles. The zero-order chi connectivity index (χ0) is 18.2. The quantitative estimate of drug-likeness (QED) is 0.773. The Morgan fingerprint density at radius 2 is 1.58 bits per heavy atom. The molecule has 1 saturated heterocycles. The molecule has 0 bridgehead atoms. The van der Waals surface area contributed by atoms with Crippen molar-refractivity contribution in [2.45, 2.75) is 11.8 Å². The number of fused-ring (bicyclic) bond motifs is 1. The van der Waals surface area contributed by atoms with Gasteiger partial charge in [-0.25, -0.2) is 0 Å². The number of aliphatic imine (C=N–C) groups is 1. The molecule has 136 valence electrons. The number of benzene rings is 2. The van der Waals surface area contributed by atoms with Crippen LogP contribution in [0.5, 0.6) is 0 Å². The van der Waals surface area contributed by atoms with E-state index in [1.165, 1.54) is 18.2 Å². The fourth-order valence-electron chi connectivity index (χ4n) is 3.34. The minimum absolute atomic E-state index is 0.00397. The maximum absolute atomic E-state index is 14.5. The summed E-state index contributed by atoms with van der Waals surface area (Å²) in [6.45, 7) is 1.72. The van der Waals surface area contributed by atoms with Gasteiger partial charge in [-0.1, -0.05) is 48.5 Å². The average Bonchev–Trinajstić information content (AvgIpc) is 2.67. The number of para-hydroxylation sites is 1. The first-order chi connectivity index (χ1) is 12.5. The van der Waals surface area contributed by atoms with Crippen LogP contribution in [0, 0.1) is 0 Å². The molecule has 0 N–H and O–H groups in total. The molecule has 0 aliphatic carbocycles. The van der Waals surface area contributed by atoms with Crippen LogP contribution in [0.2, 0.25) is 0 Å². The van der Waals surface area contributed by atoms with Crippen LogP contribution in [0.15, 0.2) is 59.6 Å². The van der Waals surface area contributed by atoms with Crippen LogP contribution in [0.3, 0.4) is 0 Å². The normalized spacial score (nSPS) is 23.0. The van der Waals surface area contributed by atoms with Gasteiger partial charge in [0.05, 0.1) is 18.9 Å². The summed E-state index contributed by atoms with van der Waals surface area (Å²) in [4.78, 5) is 6.07. The van der Waals surface area contributed by atoms with Gasteiger partial charge in [-0.15, -0.1) is 0 Å². The maximum atomic E-state index is 14.5. The molecule has 2 aliphatic heterocycles. The van der Waals surface area contributed by atoms with Gasteiger partial charge < -0.3 is 14.4 Å². The van der Waals surface area contributed by atoms with Crippen molar-refractivity contribution in [3.05, 3.63) is 65.7 Å². The molecular weight excluding hydrogens is 345 g/mol. The van der Waals surface area contributed by atoms with Gasteiger partial charge in [0.15, 0.2) is 0 Å². The van der Waals surface area contributed by atoms with E-state index in [4.69, 9.17) is 9.47 Å². The van der Waals surface area contributed by atoms with Gasteiger partial charge in [0, 0.05) is 24.2 Å². The number of hydrogen-bond donors (Lipinski definition) is 0. The molecule has 1 atom stereocenters. The van der Waals surface area contributed by atoms with Gasteiger partial charge >= 0.3 is 6.18 Å². The van der Waals surface area contributed by atoms with E-state index in [0.717, 1.165) is 0 Å². The molecule has 0 amide bonds. The van der Waals surface area contributed by atoms with E-state index in [2.05, 4.69) is 4.99 Å². The smallest absolute Gasteiger partial charge is 0.437 e. The van der Waals surface area contributed by atoms with E-state index in [-0.39, 0.29) is 22.8 Å². The first-order valence-corrected chi connectivity index (χ1v) is 8.34. The van der Waals surface area contributed by atoms with E-state index in [9.17, 15) is 13.2 Å². The molecule has 2 aliphatic rings. The number of hydrogen-bond acceptors (Lipinski definition) is 4. The summed E-state index contributed by atoms with van der Waals surface area (Å²) in [5, 5.41) is 0. The topological polar surface area (TPSA) is 34.1 Å². The van der Waals surface area contributed by atoms with Gasteiger partial charge in [0.25, 0.3) is 11.6 Å². The van der Waals surface area contributed by atoms with Crippen LogP contribution >= 0.6 is 0 Å². The number of halogens is 3. The van der Waals surface area contributed by atoms with Crippen molar-refractivity contribution in [1.29, 1.82) is 0 Å². The summed E-state index contributed by atoms with van der Waals surface area (Å²) in [6.07, 6.45) is -4.67. The largest absolute Gasteiger partial charge is 0.438 e. The number of alkyl halides is 3. The third-order valence-electron chi connectivity index (χ3n) is 4.60. The second kappa shape index (κ2) is 6.32.